The minimum absolute atomic E-state index is 0.0890. The van der Waals surface area contributed by atoms with Crippen LogP contribution in [0.3, 0.4) is 0 Å². The molecule has 2 aromatic carbocycles. The van der Waals surface area contributed by atoms with Gasteiger partial charge in [-0.1, -0.05) is 0 Å². The van der Waals surface area contributed by atoms with Crippen molar-refractivity contribution in [2.75, 3.05) is 48.4 Å². The number of hydrogen-bond donors (Lipinski definition) is 2. The van der Waals surface area contributed by atoms with Gasteiger partial charge in [-0.2, -0.15) is 4.31 Å². The van der Waals surface area contributed by atoms with E-state index in [0.717, 1.165) is 18.8 Å². The van der Waals surface area contributed by atoms with E-state index in [1.807, 2.05) is 24.3 Å². The number of nitrogens with one attached hydrogen (secondary N) is 2. The molecule has 9 nitrogen and oxygen atoms in total. The van der Waals surface area contributed by atoms with Crippen molar-refractivity contribution in [3.63, 3.8) is 0 Å². The highest BCUT2D eigenvalue weighted by molar-refractivity contribution is 7.89. The molecule has 4 rings (SSSR count). The van der Waals surface area contributed by atoms with Crippen LogP contribution in [0, 0.1) is 0 Å². The fourth-order valence-electron chi connectivity index (χ4n) is 4.14. The highest BCUT2D eigenvalue weighted by Crippen LogP contribution is 2.28. The molecule has 2 fully saturated rings. The van der Waals surface area contributed by atoms with Crippen molar-refractivity contribution >= 4 is 38.9 Å². The molecular formula is C23H28N4O5S. The number of ether oxygens (including phenoxy) is 1. The van der Waals surface area contributed by atoms with E-state index in [1.54, 1.807) is 0 Å². The molecule has 0 bridgehead atoms. The van der Waals surface area contributed by atoms with Gasteiger partial charge in [-0.05, 0) is 61.4 Å². The molecule has 0 aromatic heterocycles. The topological polar surface area (TPSA) is 108 Å². The molecule has 2 saturated heterocycles. The third-order valence-corrected chi connectivity index (χ3v) is 7.72. The molecule has 0 spiro atoms. The number of sulfonamides is 1. The fourth-order valence-corrected chi connectivity index (χ4v) is 5.80. The summed E-state index contributed by atoms with van der Waals surface area (Å²) in [7, 11) is -3.85. The number of carbonyl (C=O) groups is 2. The Morgan fingerprint density at radius 2 is 1.52 bits per heavy atom. The van der Waals surface area contributed by atoms with Crippen molar-refractivity contribution in [1.29, 1.82) is 0 Å². The zero-order valence-electron chi connectivity index (χ0n) is 18.5. The van der Waals surface area contributed by atoms with Crippen molar-refractivity contribution in [3.8, 4) is 0 Å². The normalized spacial score (nSPS) is 19.3. The van der Waals surface area contributed by atoms with Gasteiger partial charge in [0.15, 0.2) is 0 Å². The molecule has 2 heterocycles. The minimum atomic E-state index is -3.85. The number of morpholine rings is 1. The first-order valence-electron chi connectivity index (χ1n) is 11.0. The first kappa shape index (κ1) is 23.2. The van der Waals surface area contributed by atoms with Gasteiger partial charge in [0.25, 0.3) is 0 Å². The minimum Gasteiger partial charge on any atom is -0.378 e. The van der Waals surface area contributed by atoms with Gasteiger partial charge >= 0.3 is 0 Å². The lowest BCUT2D eigenvalue weighted by molar-refractivity contribution is -0.119. The van der Waals surface area contributed by atoms with E-state index in [4.69, 9.17) is 4.74 Å². The van der Waals surface area contributed by atoms with Gasteiger partial charge < -0.3 is 20.3 Å². The first-order chi connectivity index (χ1) is 15.8. The first-order valence-corrected chi connectivity index (χ1v) is 12.4. The molecule has 0 saturated carbocycles. The quantitative estimate of drug-likeness (QED) is 0.668. The lowest BCUT2D eigenvalue weighted by Gasteiger charge is -2.29. The number of anilines is 3. The number of rotatable bonds is 6. The van der Waals surface area contributed by atoms with Crippen LogP contribution in [0.4, 0.5) is 17.1 Å². The molecule has 10 heteroatoms. The van der Waals surface area contributed by atoms with E-state index in [-0.39, 0.29) is 23.3 Å². The predicted molar refractivity (Wildman–Crippen MR) is 126 cm³/mol. The number of hydrogen-bond acceptors (Lipinski definition) is 6. The molecule has 1 atom stereocenters. The summed E-state index contributed by atoms with van der Waals surface area (Å²) >= 11 is 0. The molecule has 2 amide bonds. The second-order valence-electron chi connectivity index (χ2n) is 8.11. The van der Waals surface area contributed by atoms with E-state index in [9.17, 15) is 18.0 Å². The largest absolute Gasteiger partial charge is 0.378 e. The van der Waals surface area contributed by atoms with E-state index < -0.39 is 16.1 Å². The maximum atomic E-state index is 13.2. The summed E-state index contributed by atoms with van der Waals surface area (Å²) in [6, 6.07) is 12.7. The second-order valence-corrected chi connectivity index (χ2v) is 10.0. The van der Waals surface area contributed by atoms with E-state index in [1.165, 1.54) is 35.5 Å². The average molecular weight is 473 g/mol. The van der Waals surface area contributed by atoms with Crippen LogP contribution in [0.15, 0.2) is 53.4 Å². The molecule has 176 valence electrons. The maximum Gasteiger partial charge on any atom is 0.243 e. The molecule has 2 N–H and O–H groups in total. The zero-order valence-corrected chi connectivity index (χ0v) is 19.3. The van der Waals surface area contributed by atoms with Gasteiger partial charge in [-0.25, -0.2) is 8.42 Å². The maximum absolute atomic E-state index is 13.2. The summed E-state index contributed by atoms with van der Waals surface area (Å²) in [6.45, 7) is 4.71. The molecule has 2 aliphatic rings. The number of nitrogens with zero attached hydrogens (tertiary/aromatic N) is 2. The number of carbonyl (C=O) groups excluding carboxylic acids is 2. The average Bonchev–Trinajstić information content (AvgIpc) is 3.31. The molecular weight excluding hydrogens is 444 g/mol. The Labute approximate surface area is 193 Å². The highest BCUT2D eigenvalue weighted by Gasteiger charge is 2.39. The fraction of sp³-hybridized carbons (Fsp3) is 0.391. The lowest BCUT2D eigenvalue weighted by Crippen LogP contribution is -2.43. The van der Waals surface area contributed by atoms with Gasteiger partial charge in [0.05, 0.1) is 18.1 Å². The number of amides is 2. The molecule has 0 radical (unpaired) electrons. The van der Waals surface area contributed by atoms with Gasteiger partial charge in [0.2, 0.25) is 21.8 Å². The van der Waals surface area contributed by atoms with Crippen molar-refractivity contribution in [1.82, 2.24) is 4.31 Å². The van der Waals surface area contributed by atoms with Crippen LogP contribution in [-0.4, -0.2) is 63.4 Å². The summed E-state index contributed by atoms with van der Waals surface area (Å²) in [5, 5.41) is 5.47. The highest BCUT2D eigenvalue weighted by atomic mass is 32.2. The summed E-state index contributed by atoms with van der Waals surface area (Å²) in [5.74, 6) is -0.579. The molecule has 2 aromatic rings. The van der Waals surface area contributed by atoms with Crippen molar-refractivity contribution in [2.45, 2.75) is 30.7 Å². The Morgan fingerprint density at radius 1 is 0.909 bits per heavy atom. The van der Waals surface area contributed by atoms with Crippen LogP contribution >= 0.6 is 0 Å². The van der Waals surface area contributed by atoms with Crippen molar-refractivity contribution < 1.29 is 22.7 Å². The third kappa shape index (κ3) is 5.35. The monoisotopic (exact) mass is 472 g/mol. The second kappa shape index (κ2) is 9.90. The summed E-state index contributed by atoms with van der Waals surface area (Å²) in [4.78, 5) is 26.5. The van der Waals surface area contributed by atoms with Crippen LogP contribution in [0.25, 0.3) is 0 Å². The van der Waals surface area contributed by atoms with E-state index >= 15 is 0 Å². The summed E-state index contributed by atoms with van der Waals surface area (Å²) in [6.07, 6.45) is 1.07. The van der Waals surface area contributed by atoms with Crippen LogP contribution in [0.1, 0.15) is 19.8 Å². The predicted octanol–water partition coefficient (Wildman–Crippen LogP) is 2.27. The number of benzene rings is 2. The van der Waals surface area contributed by atoms with Gasteiger partial charge in [-0.3, -0.25) is 9.59 Å². The SMILES string of the molecule is CC(=O)Nc1ccc(S(=O)(=O)N2CCC[C@H]2C(=O)Nc2ccc(N3CCOCC3)cc2)cc1. The summed E-state index contributed by atoms with van der Waals surface area (Å²) in [5.41, 5.74) is 2.20. The van der Waals surface area contributed by atoms with Crippen LogP contribution in [0.2, 0.25) is 0 Å². The Balaban J connectivity index is 1.43. The van der Waals surface area contributed by atoms with Gasteiger partial charge in [-0.15, -0.1) is 0 Å². The summed E-state index contributed by atoms with van der Waals surface area (Å²) < 4.78 is 33.0. The smallest absolute Gasteiger partial charge is 0.243 e. The van der Waals surface area contributed by atoms with Crippen LogP contribution < -0.4 is 15.5 Å². The van der Waals surface area contributed by atoms with Crippen LogP contribution in [0.5, 0.6) is 0 Å². The standard InChI is InChI=1S/C23H28N4O5S/c1-17(28)24-18-6-10-21(11-7-18)33(30,31)27-12-2-3-22(27)23(29)25-19-4-8-20(9-5-19)26-13-15-32-16-14-26/h4-11,22H,2-3,12-16H2,1H3,(H,24,28)(H,25,29)/t22-/m0/s1. The van der Waals surface area contributed by atoms with Crippen LogP contribution in [-0.2, 0) is 24.3 Å². The Morgan fingerprint density at radius 3 is 2.15 bits per heavy atom. The van der Waals surface area contributed by atoms with E-state index in [2.05, 4.69) is 15.5 Å². The Hall–Kier alpha value is -2.95. The Bertz CT molecular complexity index is 1100. The molecule has 0 unspecified atom stereocenters. The van der Waals surface area contributed by atoms with E-state index in [0.29, 0.717) is 37.4 Å². The van der Waals surface area contributed by atoms with Gasteiger partial charge in [0.1, 0.15) is 6.04 Å². The van der Waals surface area contributed by atoms with Crippen molar-refractivity contribution in [2.24, 2.45) is 0 Å². The van der Waals surface area contributed by atoms with Gasteiger partial charge in [0, 0.05) is 43.6 Å². The van der Waals surface area contributed by atoms with Crippen molar-refractivity contribution in [3.05, 3.63) is 48.5 Å². The zero-order chi connectivity index (χ0) is 23.4. The molecule has 2 aliphatic heterocycles. The Kier molecular flexibility index (Phi) is 6.96. The lowest BCUT2D eigenvalue weighted by atomic mass is 10.2. The molecule has 33 heavy (non-hydrogen) atoms. The third-order valence-electron chi connectivity index (χ3n) is 5.80. The molecule has 0 aliphatic carbocycles.